The lowest BCUT2D eigenvalue weighted by Crippen LogP contribution is -2.15. The summed E-state index contributed by atoms with van der Waals surface area (Å²) in [6.07, 6.45) is -0.128. The largest absolute Gasteiger partial charge is 0.496 e. The highest BCUT2D eigenvalue weighted by atomic mass is 16.5. The Morgan fingerprint density at radius 2 is 2.06 bits per heavy atom. The molecule has 0 fully saturated rings. The molecule has 0 amide bonds. The van der Waals surface area contributed by atoms with Crippen molar-refractivity contribution in [2.75, 3.05) is 13.7 Å². The minimum Gasteiger partial charge on any atom is -0.496 e. The van der Waals surface area contributed by atoms with Crippen LogP contribution < -0.4 is 4.74 Å². The summed E-state index contributed by atoms with van der Waals surface area (Å²) in [7, 11) is 1.65. The third-order valence-electron chi connectivity index (χ3n) is 2.83. The van der Waals surface area contributed by atoms with Gasteiger partial charge in [-0.3, -0.25) is 0 Å². The minimum atomic E-state index is -0.667. The third-order valence-corrected chi connectivity index (χ3v) is 2.83. The van der Waals surface area contributed by atoms with Crippen molar-refractivity contribution in [2.24, 2.45) is 0 Å². The van der Waals surface area contributed by atoms with Crippen molar-refractivity contribution in [3.05, 3.63) is 29.3 Å². The average molecular weight is 224 g/mol. The molecule has 2 N–H and O–H groups in total. The number of hydrogen-bond acceptors (Lipinski definition) is 3. The number of methoxy groups -OCH3 is 1. The molecular formula is C13H20O3. The zero-order chi connectivity index (χ0) is 12.1. The Bertz CT molecular complexity index is 336. The van der Waals surface area contributed by atoms with Gasteiger partial charge in [0.15, 0.2) is 0 Å². The summed E-state index contributed by atoms with van der Waals surface area (Å²) in [5.74, 6) is 1.01. The molecule has 1 aromatic carbocycles. The first-order chi connectivity index (χ1) is 7.60. The lowest BCUT2D eigenvalue weighted by molar-refractivity contribution is 0.0833. The average Bonchev–Trinajstić information content (AvgIpc) is 2.28. The van der Waals surface area contributed by atoms with Crippen LogP contribution in [0.15, 0.2) is 18.2 Å². The maximum Gasteiger partial charge on any atom is 0.122 e. The van der Waals surface area contributed by atoms with E-state index in [0.29, 0.717) is 6.42 Å². The van der Waals surface area contributed by atoms with E-state index in [1.54, 1.807) is 7.11 Å². The van der Waals surface area contributed by atoms with Gasteiger partial charge in [-0.1, -0.05) is 19.1 Å². The van der Waals surface area contributed by atoms with Crippen LogP contribution >= 0.6 is 0 Å². The van der Waals surface area contributed by atoms with Crippen molar-refractivity contribution in [1.82, 2.24) is 0 Å². The highest BCUT2D eigenvalue weighted by Gasteiger charge is 2.17. The van der Waals surface area contributed by atoms with Crippen LogP contribution in [0.5, 0.6) is 5.75 Å². The second-order valence-corrected chi connectivity index (χ2v) is 4.16. The van der Waals surface area contributed by atoms with E-state index in [1.165, 1.54) is 0 Å². The Kier molecular flexibility index (Phi) is 4.77. The van der Waals surface area contributed by atoms with Crippen molar-refractivity contribution in [1.29, 1.82) is 0 Å². The van der Waals surface area contributed by atoms with E-state index in [0.717, 1.165) is 16.9 Å². The molecule has 1 rings (SSSR count). The fourth-order valence-corrected chi connectivity index (χ4v) is 2.06. The number of ether oxygens (including phenoxy) is 1. The molecule has 0 saturated heterocycles. The van der Waals surface area contributed by atoms with Crippen LogP contribution in [0, 0.1) is 6.92 Å². The lowest BCUT2D eigenvalue weighted by atomic mass is 9.91. The highest BCUT2D eigenvalue weighted by Crippen LogP contribution is 2.32. The number of rotatable bonds is 5. The van der Waals surface area contributed by atoms with Crippen LogP contribution in [0.25, 0.3) is 0 Å². The van der Waals surface area contributed by atoms with Crippen LogP contribution in [-0.4, -0.2) is 30.0 Å². The molecule has 16 heavy (non-hydrogen) atoms. The summed E-state index contributed by atoms with van der Waals surface area (Å²) >= 11 is 0. The first-order valence-electron chi connectivity index (χ1n) is 5.52. The van der Waals surface area contributed by atoms with Gasteiger partial charge in [0.2, 0.25) is 0 Å². The van der Waals surface area contributed by atoms with Gasteiger partial charge in [-0.2, -0.15) is 0 Å². The van der Waals surface area contributed by atoms with E-state index in [4.69, 9.17) is 9.84 Å². The molecule has 0 radical (unpaired) electrons. The minimum absolute atomic E-state index is 0.165. The van der Waals surface area contributed by atoms with Crippen molar-refractivity contribution < 1.29 is 14.9 Å². The van der Waals surface area contributed by atoms with Gasteiger partial charge >= 0.3 is 0 Å². The Hall–Kier alpha value is -1.06. The summed E-state index contributed by atoms with van der Waals surface area (Å²) in [6, 6.07) is 5.90. The van der Waals surface area contributed by atoms with Crippen molar-refractivity contribution in [3.8, 4) is 5.75 Å². The van der Waals surface area contributed by atoms with Crippen LogP contribution in [0.1, 0.15) is 30.4 Å². The number of benzene rings is 1. The Morgan fingerprint density at radius 3 is 2.62 bits per heavy atom. The molecule has 1 aromatic rings. The Balaban J connectivity index is 2.93. The molecule has 0 aliphatic rings. The van der Waals surface area contributed by atoms with Crippen LogP contribution in [0.4, 0.5) is 0 Å². The van der Waals surface area contributed by atoms with Gasteiger partial charge < -0.3 is 14.9 Å². The predicted octanol–water partition coefficient (Wildman–Crippen LogP) is 1.85. The van der Waals surface area contributed by atoms with Gasteiger partial charge in [-0.05, 0) is 36.5 Å². The van der Waals surface area contributed by atoms with Gasteiger partial charge in [-0.25, -0.2) is 0 Å². The van der Waals surface area contributed by atoms with E-state index in [1.807, 2.05) is 32.0 Å². The van der Waals surface area contributed by atoms with Crippen LogP contribution in [0.2, 0.25) is 0 Å². The summed E-state index contributed by atoms with van der Waals surface area (Å²) in [5.41, 5.74) is 2.26. The van der Waals surface area contributed by atoms with Gasteiger partial charge in [0, 0.05) is 0 Å². The normalized spacial score (nSPS) is 14.6. The smallest absolute Gasteiger partial charge is 0.122 e. The van der Waals surface area contributed by atoms with Gasteiger partial charge in [0.25, 0.3) is 0 Å². The molecule has 0 aliphatic carbocycles. The number of aliphatic hydroxyl groups excluding tert-OH is 2. The first-order valence-corrected chi connectivity index (χ1v) is 5.52. The maximum absolute atomic E-state index is 9.45. The molecule has 90 valence electrons. The molecule has 0 aromatic heterocycles. The van der Waals surface area contributed by atoms with E-state index in [9.17, 15) is 5.11 Å². The fourth-order valence-electron chi connectivity index (χ4n) is 2.06. The molecule has 0 spiro atoms. The van der Waals surface area contributed by atoms with Crippen molar-refractivity contribution in [2.45, 2.75) is 32.3 Å². The molecule has 0 aliphatic heterocycles. The monoisotopic (exact) mass is 224 g/mol. The fraction of sp³-hybridized carbons (Fsp3) is 0.538. The summed E-state index contributed by atoms with van der Waals surface area (Å²) in [5, 5.41) is 18.3. The second kappa shape index (κ2) is 5.87. The van der Waals surface area contributed by atoms with E-state index >= 15 is 0 Å². The Morgan fingerprint density at radius 1 is 1.38 bits per heavy atom. The lowest BCUT2D eigenvalue weighted by Gasteiger charge is -2.20. The zero-order valence-corrected chi connectivity index (χ0v) is 10.1. The van der Waals surface area contributed by atoms with Gasteiger partial charge in [0.05, 0.1) is 19.8 Å². The summed E-state index contributed by atoms with van der Waals surface area (Å²) in [6.45, 7) is 3.86. The molecule has 3 nitrogen and oxygen atoms in total. The molecule has 0 heterocycles. The molecular weight excluding hydrogens is 204 g/mol. The van der Waals surface area contributed by atoms with Gasteiger partial charge in [0.1, 0.15) is 5.75 Å². The number of aliphatic hydroxyl groups is 2. The van der Waals surface area contributed by atoms with Gasteiger partial charge in [-0.15, -0.1) is 0 Å². The van der Waals surface area contributed by atoms with E-state index < -0.39 is 6.10 Å². The molecule has 2 atom stereocenters. The zero-order valence-electron chi connectivity index (χ0n) is 10.1. The highest BCUT2D eigenvalue weighted by molar-refractivity contribution is 5.42. The third kappa shape index (κ3) is 2.97. The predicted molar refractivity (Wildman–Crippen MR) is 63.9 cm³/mol. The molecule has 0 bridgehead atoms. The van der Waals surface area contributed by atoms with Crippen molar-refractivity contribution in [3.63, 3.8) is 0 Å². The quantitative estimate of drug-likeness (QED) is 0.802. The van der Waals surface area contributed by atoms with Crippen LogP contribution in [-0.2, 0) is 0 Å². The molecule has 3 heteroatoms. The van der Waals surface area contributed by atoms with E-state index in [-0.39, 0.29) is 12.5 Å². The number of aryl methyl sites for hydroxylation is 1. The standard InChI is InChI=1S/C13H20O3/c1-9-5-4-6-12(16-3)13(9)10(2)7-11(15)8-14/h4-6,10-11,14-15H,7-8H2,1-3H3. The van der Waals surface area contributed by atoms with Crippen molar-refractivity contribution >= 4 is 0 Å². The SMILES string of the molecule is COc1cccc(C)c1C(C)CC(O)CO. The first kappa shape index (κ1) is 13.0. The number of hydrogen-bond donors (Lipinski definition) is 2. The summed E-state index contributed by atoms with van der Waals surface area (Å²) in [4.78, 5) is 0. The van der Waals surface area contributed by atoms with E-state index in [2.05, 4.69) is 0 Å². The topological polar surface area (TPSA) is 49.7 Å². The van der Waals surface area contributed by atoms with Crippen LogP contribution in [0.3, 0.4) is 0 Å². The second-order valence-electron chi connectivity index (χ2n) is 4.16. The molecule has 0 saturated carbocycles. The molecule has 2 unspecified atom stereocenters. The maximum atomic E-state index is 9.45. The Labute approximate surface area is 96.7 Å². The summed E-state index contributed by atoms with van der Waals surface area (Å²) < 4.78 is 5.32.